The average molecular weight is 357 g/mol. The predicted octanol–water partition coefficient (Wildman–Crippen LogP) is 2.23. The number of benzene rings is 1. The van der Waals surface area contributed by atoms with Crippen LogP contribution in [0.2, 0.25) is 5.02 Å². The number of amides is 1. The van der Waals surface area contributed by atoms with Gasteiger partial charge in [0.1, 0.15) is 17.5 Å². The van der Waals surface area contributed by atoms with Gasteiger partial charge in [0.25, 0.3) is 0 Å². The molecule has 1 aromatic rings. The van der Waals surface area contributed by atoms with Crippen LogP contribution in [0.4, 0.5) is 5.69 Å². The second-order valence-corrected chi connectivity index (χ2v) is 5.92. The molecule has 1 heterocycles. The zero-order valence-corrected chi connectivity index (χ0v) is 14.4. The Bertz CT molecular complexity index is 623. The second-order valence-electron chi connectivity index (χ2n) is 5.52. The first-order valence-corrected chi connectivity index (χ1v) is 8.02. The van der Waals surface area contributed by atoms with E-state index in [1.807, 2.05) is 4.90 Å². The molecule has 0 aliphatic carbocycles. The highest BCUT2D eigenvalue weighted by atomic mass is 35.5. The first-order valence-electron chi connectivity index (χ1n) is 7.64. The molecule has 1 fully saturated rings. The van der Waals surface area contributed by atoms with E-state index in [9.17, 15) is 9.59 Å². The van der Waals surface area contributed by atoms with Crippen LogP contribution in [0.5, 0.6) is 11.5 Å². The minimum Gasteiger partial charge on any atom is -0.495 e. The van der Waals surface area contributed by atoms with E-state index >= 15 is 0 Å². The third-order valence-corrected chi connectivity index (χ3v) is 4.32. The molecule has 7 nitrogen and oxygen atoms in total. The molecular formula is C16H21ClN2O5. The van der Waals surface area contributed by atoms with E-state index in [2.05, 4.69) is 5.32 Å². The molecule has 8 heteroatoms. The van der Waals surface area contributed by atoms with Crippen molar-refractivity contribution in [3.05, 3.63) is 17.2 Å². The van der Waals surface area contributed by atoms with Crippen LogP contribution in [0, 0.1) is 0 Å². The highest BCUT2D eigenvalue weighted by Crippen LogP contribution is 2.35. The molecule has 24 heavy (non-hydrogen) atoms. The molecule has 0 aromatic heterocycles. The molecule has 0 spiro atoms. The largest absolute Gasteiger partial charge is 0.495 e. The molecule has 2 N–H and O–H groups in total. The van der Waals surface area contributed by atoms with Gasteiger partial charge in [-0.3, -0.25) is 14.5 Å². The highest BCUT2D eigenvalue weighted by Gasteiger charge is 2.30. The lowest BCUT2D eigenvalue weighted by Crippen LogP contribution is -2.37. The van der Waals surface area contributed by atoms with Crippen molar-refractivity contribution in [3.8, 4) is 11.5 Å². The number of carboxylic acid groups (broad SMARTS) is 1. The van der Waals surface area contributed by atoms with E-state index < -0.39 is 12.0 Å². The van der Waals surface area contributed by atoms with Crippen molar-refractivity contribution in [2.24, 2.45) is 0 Å². The Morgan fingerprint density at radius 2 is 2.04 bits per heavy atom. The molecule has 0 saturated carbocycles. The molecule has 1 aromatic carbocycles. The highest BCUT2D eigenvalue weighted by molar-refractivity contribution is 6.32. The Labute approximate surface area is 145 Å². The number of ether oxygens (including phenoxy) is 2. The van der Waals surface area contributed by atoms with Crippen LogP contribution in [0.15, 0.2) is 12.1 Å². The van der Waals surface area contributed by atoms with E-state index in [1.165, 1.54) is 14.2 Å². The Hall–Kier alpha value is -1.99. The summed E-state index contributed by atoms with van der Waals surface area (Å²) in [6.07, 6.45) is 1.65. The average Bonchev–Trinajstić information content (AvgIpc) is 3.03. The van der Waals surface area contributed by atoms with Gasteiger partial charge in [0.2, 0.25) is 5.91 Å². The smallest absolute Gasteiger partial charge is 0.320 e. The maximum absolute atomic E-state index is 12.2. The standard InChI is InChI=1S/C16H21ClN2O5/c1-23-13-9-11(14(24-2)8-10(13)17)18-15(20)5-7-19-6-3-4-12(19)16(21)22/h8-9,12H,3-7H2,1-2H3,(H,18,20)(H,21,22)/t12-/m0/s1. The fourth-order valence-electron chi connectivity index (χ4n) is 2.79. The normalized spacial score (nSPS) is 17.5. The van der Waals surface area contributed by atoms with Gasteiger partial charge in [-0.2, -0.15) is 0 Å². The monoisotopic (exact) mass is 356 g/mol. The summed E-state index contributed by atoms with van der Waals surface area (Å²) in [5.41, 5.74) is 0.458. The Balaban J connectivity index is 1.98. The lowest BCUT2D eigenvalue weighted by Gasteiger charge is -2.20. The van der Waals surface area contributed by atoms with Crippen LogP contribution in [-0.2, 0) is 9.59 Å². The summed E-state index contributed by atoms with van der Waals surface area (Å²) in [5.74, 6) is -0.206. The number of likely N-dealkylation sites (tertiary alicyclic amines) is 1. The number of methoxy groups -OCH3 is 2. The molecular weight excluding hydrogens is 336 g/mol. The summed E-state index contributed by atoms with van der Waals surface area (Å²) >= 11 is 6.03. The summed E-state index contributed by atoms with van der Waals surface area (Å²) < 4.78 is 10.3. The van der Waals surface area contributed by atoms with Gasteiger partial charge in [-0.25, -0.2) is 0 Å². The number of nitrogens with one attached hydrogen (secondary N) is 1. The molecule has 0 unspecified atom stereocenters. The van der Waals surface area contributed by atoms with Gasteiger partial charge in [0, 0.05) is 25.1 Å². The van der Waals surface area contributed by atoms with Crippen LogP contribution in [0.3, 0.4) is 0 Å². The quantitative estimate of drug-likeness (QED) is 0.779. The van der Waals surface area contributed by atoms with Gasteiger partial charge < -0.3 is 19.9 Å². The molecule has 1 atom stereocenters. The third kappa shape index (κ3) is 4.30. The van der Waals surface area contributed by atoms with E-state index in [4.69, 9.17) is 26.2 Å². The van der Waals surface area contributed by atoms with Gasteiger partial charge in [0.15, 0.2) is 0 Å². The van der Waals surface area contributed by atoms with Crippen LogP contribution >= 0.6 is 11.6 Å². The molecule has 2 rings (SSSR count). The predicted molar refractivity (Wildman–Crippen MR) is 90.0 cm³/mol. The molecule has 0 radical (unpaired) electrons. The fourth-order valence-corrected chi connectivity index (χ4v) is 3.02. The van der Waals surface area contributed by atoms with Crippen LogP contribution < -0.4 is 14.8 Å². The van der Waals surface area contributed by atoms with E-state index in [1.54, 1.807) is 12.1 Å². The summed E-state index contributed by atoms with van der Waals surface area (Å²) in [5, 5.41) is 12.3. The van der Waals surface area contributed by atoms with Crippen molar-refractivity contribution in [3.63, 3.8) is 0 Å². The van der Waals surface area contributed by atoms with Crippen molar-refractivity contribution in [2.75, 3.05) is 32.6 Å². The lowest BCUT2D eigenvalue weighted by molar-refractivity contribution is -0.142. The maximum Gasteiger partial charge on any atom is 0.320 e. The summed E-state index contributed by atoms with van der Waals surface area (Å²) in [4.78, 5) is 25.2. The number of carboxylic acids is 1. The Morgan fingerprint density at radius 3 is 2.67 bits per heavy atom. The SMILES string of the molecule is COc1cc(NC(=O)CCN2CCC[C@H]2C(=O)O)c(OC)cc1Cl. The fraction of sp³-hybridized carbons (Fsp3) is 0.500. The van der Waals surface area contributed by atoms with Crippen LogP contribution in [0.25, 0.3) is 0 Å². The third-order valence-electron chi connectivity index (χ3n) is 4.02. The zero-order valence-electron chi connectivity index (χ0n) is 13.7. The summed E-state index contributed by atoms with van der Waals surface area (Å²) in [6.45, 7) is 1.10. The second kappa shape index (κ2) is 8.21. The van der Waals surface area contributed by atoms with Crippen molar-refractivity contribution in [1.82, 2.24) is 4.90 Å². The van der Waals surface area contributed by atoms with E-state index in [0.717, 1.165) is 6.42 Å². The van der Waals surface area contributed by atoms with Gasteiger partial charge in [-0.15, -0.1) is 0 Å². The Kier molecular flexibility index (Phi) is 6.28. The lowest BCUT2D eigenvalue weighted by atomic mass is 10.2. The first-order chi connectivity index (χ1) is 11.5. The number of anilines is 1. The maximum atomic E-state index is 12.2. The van der Waals surface area contributed by atoms with Crippen molar-refractivity contribution in [2.45, 2.75) is 25.3 Å². The molecule has 0 bridgehead atoms. The van der Waals surface area contributed by atoms with Gasteiger partial charge >= 0.3 is 5.97 Å². The van der Waals surface area contributed by atoms with Crippen LogP contribution in [0.1, 0.15) is 19.3 Å². The van der Waals surface area contributed by atoms with Gasteiger partial charge in [-0.1, -0.05) is 11.6 Å². The Morgan fingerprint density at radius 1 is 1.33 bits per heavy atom. The number of aliphatic carboxylic acids is 1. The molecule has 1 amide bonds. The number of carbonyl (C=O) groups excluding carboxylic acids is 1. The van der Waals surface area contributed by atoms with Crippen molar-refractivity contribution >= 4 is 29.2 Å². The first kappa shape index (κ1) is 18.4. The van der Waals surface area contributed by atoms with Crippen molar-refractivity contribution < 1.29 is 24.2 Å². The number of halogens is 1. The minimum atomic E-state index is -0.836. The number of hydrogen-bond acceptors (Lipinski definition) is 5. The van der Waals surface area contributed by atoms with Gasteiger partial charge in [-0.05, 0) is 19.4 Å². The number of nitrogens with zero attached hydrogens (tertiary/aromatic N) is 1. The molecule has 1 aliphatic heterocycles. The van der Waals surface area contributed by atoms with E-state index in [0.29, 0.717) is 41.7 Å². The van der Waals surface area contributed by atoms with Gasteiger partial charge in [0.05, 0.1) is 24.9 Å². The molecule has 132 valence electrons. The number of rotatable bonds is 7. The zero-order chi connectivity index (χ0) is 17.7. The number of hydrogen-bond donors (Lipinski definition) is 2. The van der Waals surface area contributed by atoms with E-state index in [-0.39, 0.29) is 12.3 Å². The molecule has 1 aliphatic rings. The summed E-state index contributed by atoms with van der Waals surface area (Å²) in [6, 6.07) is 2.66. The van der Waals surface area contributed by atoms with Crippen LogP contribution in [-0.4, -0.2) is 55.2 Å². The van der Waals surface area contributed by atoms with Crippen molar-refractivity contribution in [1.29, 1.82) is 0 Å². The summed E-state index contributed by atoms with van der Waals surface area (Å²) in [7, 11) is 2.97. The minimum absolute atomic E-state index is 0.192. The topological polar surface area (TPSA) is 88.1 Å². The number of carbonyl (C=O) groups is 2. The molecule has 1 saturated heterocycles.